The van der Waals surface area contributed by atoms with E-state index in [1.165, 1.54) is 20.5 Å². The zero-order chi connectivity index (χ0) is 27.5. The molecule has 0 spiro atoms. The molecule has 1 N–H and O–H groups in total. The zero-order valence-corrected chi connectivity index (χ0v) is 21.2. The fraction of sp³-hybridized carbons (Fsp3) is 0.214. The molecule has 0 unspecified atom stereocenters. The van der Waals surface area contributed by atoms with Crippen molar-refractivity contribution in [2.75, 3.05) is 37.5 Å². The van der Waals surface area contributed by atoms with Crippen molar-refractivity contribution in [3.63, 3.8) is 0 Å². The van der Waals surface area contributed by atoms with Gasteiger partial charge >= 0.3 is 0 Å². The Balaban J connectivity index is 1.34. The van der Waals surface area contributed by atoms with Crippen molar-refractivity contribution in [3.05, 3.63) is 72.1 Å². The number of rotatable bonds is 8. The summed E-state index contributed by atoms with van der Waals surface area (Å²) in [6.45, 7) is 1.91. The fourth-order valence-electron chi connectivity index (χ4n) is 4.41. The number of carbonyl (C=O) groups is 2. The third-order valence-corrected chi connectivity index (χ3v) is 6.36. The van der Waals surface area contributed by atoms with Crippen LogP contribution < -0.4 is 24.4 Å². The number of nitrogens with one attached hydrogen (secondary N) is 1. The highest BCUT2D eigenvalue weighted by atomic mass is 19.1. The minimum absolute atomic E-state index is 0.00560. The van der Waals surface area contributed by atoms with Gasteiger partial charge in [-0.1, -0.05) is 0 Å². The predicted molar refractivity (Wildman–Crippen MR) is 140 cm³/mol. The van der Waals surface area contributed by atoms with Crippen LogP contribution >= 0.6 is 0 Å². The van der Waals surface area contributed by atoms with E-state index in [-0.39, 0.29) is 11.6 Å². The maximum Gasteiger partial charge on any atom is 0.296 e. The highest BCUT2D eigenvalue weighted by Gasteiger charge is 2.26. The summed E-state index contributed by atoms with van der Waals surface area (Å²) in [6, 6.07) is 11.7. The zero-order valence-electron chi connectivity index (χ0n) is 21.2. The number of nitrogens with zero attached hydrogens (tertiary/aromatic N) is 3. The Kier molecular flexibility index (Phi) is 7.22. The van der Waals surface area contributed by atoms with Crippen molar-refractivity contribution in [2.24, 2.45) is 0 Å². The van der Waals surface area contributed by atoms with Gasteiger partial charge in [0.1, 0.15) is 23.7 Å². The lowest BCUT2D eigenvalue weighted by atomic mass is 10.1. The summed E-state index contributed by atoms with van der Waals surface area (Å²) in [4.78, 5) is 35.6. The maximum absolute atomic E-state index is 14.9. The molecule has 0 aliphatic carbocycles. The van der Waals surface area contributed by atoms with Gasteiger partial charge < -0.3 is 24.4 Å². The van der Waals surface area contributed by atoms with Crippen LogP contribution in [0.25, 0.3) is 10.9 Å². The molecule has 0 radical (unpaired) electrons. The molecule has 1 aromatic heterocycles. The Morgan fingerprint density at radius 1 is 0.897 bits per heavy atom. The number of hydrogen-bond donors (Lipinski definition) is 1. The van der Waals surface area contributed by atoms with E-state index in [1.54, 1.807) is 24.3 Å². The van der Waals surface area contributed by atoms with Crippen LogP contribution in [0.3, 0.4) is 0 Å². The van der Waals surface area contributed by atoms with Crippen molar-refractivity contribution in [1.82, 2.24) is 9.97 Å². The van der Waals surface area contributed by atoms with Gasteiger partial charge in [-0.05, 0) is 43.2 Å². The second-order valence-electron chi connectivity index (χ2n) is 8.79. The number of ketones is 1. The average molecular weight is 535 g/mol. The fourth-order valence-corrected chi connectivity index (χ4v) is 4.41. The summed E-state index contributed by atoms with van der Waals surface area (Å²) >= 11 is 0. The number of hydrogen-bond acceptors (Lipinski definition) is 8. The molecular formula is C28H24F2N4O5. The SMILES string of the molecule is COc1cc2ncnc(Oc3cc(F)c(C(=O)C(=O)Nc4ccc(N5CCCC5)cc4)c(F)c3)c2cc1OC. The average Bonchev–Trinajstić information content (AvgIpc) is 3.47. The Morgan fingerprint density at radius 2 is 1.54 bits per heavy atom. The second-order valence-corrected chi connectivity index (χ2v) is 8.79. The normalized spacial score (nSPS) is 12.9. The molecule has 0 saturated carbocycles. The van der Waals surface area contributed by atoms with Gasteiger partial charge in [0.25, 0.3) is 11.7 Å². The number of Topliss-reactive ketones (excluding diaryl/α,β-unsaturated/α-hetero) is 1. The molecular weight excluding hydrogens is 510 g/mol. The van der Waals surface area contributed by atoms with Gasteiger partial charge in [0.15, 0.2) is 11.5 Å². The summed E-state index contributed by atoms with van der Waals surface area (Å²) in [6.07, 6.45) is 3.46. The van der Waals surface area contributed by atoms with Crippen molar-refractivity contribution >= 4 is 34.0 Å². The van der Waals surface area contributed by atoms with E-state index < -0.39 is 28.9 Å². The molecule has 1 aliphatic heterocycles. The van der Waals surface area contributed by atoms with Crippen LogP contribution in [0.15, 0.2) is 54.9 Å². The number of aromatic nitrogens is 2. The van der Waals surface area contributed by atoms with Gasteiger partial charge in [0, 0.05) is 42.7 Å². The molecule has 1 amide bonds. The molecule has 3 aromatic carbocycles. The number of ether oxygens (including phenoxy) is 3. The highest BCUT2D eigenvalue weighted by Crippen LogP contribution is 2.36. The lowest BCUT2D eigenvalue weighted by Crippen LogP contribution is -2.25. The van der Waals surface area contributed by atoms with E-state index in [0.717, 1.165) is 43.8 Å². The third-order valence-electron chi connectivity index (χ3n) is 6.36. The van der Waals surface area contributed by atoms with Gasteiger partial charge in [-0.25, -0.2) is 18.7 Å². The van der Waals surface area contributed by atoms with E-state index in [0.29, 0.717) is 28.1 Å². The third kappa shape index (κ3) is 5.28. The van der Waals surface area contributed by atoms with Gasteiger partial charge in [-0.15, -0.1) is 0 Å². The molecule has 1 saturated heterocycles. The highest BCUT2D eigenvalue weighted by molar-refractivity contribution is 6.46. The number of carbonyl (C=O) groups excluding carboxylic acids is 2. The number of amides is 1. The van der Waals surface area contributed by atoms with Gasteiger partial charge in [-0.3, -0.25) is 9.59 Å². The van der Waals surface area contributed by atoms with Crippen molar-refractivity contribution in [1.29, 1.82) is 0 Å². The van der Waals surface area contributed by atoms with Crippen LogP contribution in [0.5, 0.6) is 23.1 Å². The largest absolute Gasteiger partial charge is 0.493 e. The monoisotopic (exact) mass is 534 g/mol. The Bertz CT molecular complexity index is 1530. The molecule has 1 fully saturated rings. The first kappa shape index (κ1) is 25.8. The van der Waals surface area contributed by atoms with Crippen LogP contribution in [0.4, 0.5) is 20.2 Å². The lowest BCUT2D eigenvalue weighted by molar-refractivity contribution is -0.112. The first-order chi connectivity index (χ1) is 18.9. The Morgan fingerprint density at radius 3 is 2.18 bits per heavy atom. The van der Waals surface area contributed by atoms with E-state index in [2.05, 4.69) is 20.2 Å². The van der Waals surface area contributed by atoms with Crippen LogP contribution in [-0.2, 0) is 4.79 Å². The molecule has 5 rings (SSSR count). The van der Waals surface area contributed by atoms with Gasteiger partial charge in [0.2, 0.25) is 5.88 Å². The lowest BCUT2D eigenvalue weighted by Gasteiger charge is -2.17. The van der Waals surface area contributed by atoms with Crippen molar-refractivity contribution in [2.45, 2.75) is 12.8 Å². The first-order valence-corrected chi connectivity index (χ1v) is 12.1. The molecule has 4 aromatic rings. The Hall–Kier alpha value is -4.80. The standard InChI is InChI=1S/C28H24F2N4O5/c1-37-23-13-19-22(14-24(23)38-2)31-15-32-28(19)39-18-11-20(29)25(21(30)12-18)26(35)27(36)33-16-5-7-17(8-6-16)34-9-3-4-10-34/h5-8,11-15H,3-4,9-10H2,1-2H3,(H,33,36). The minimum Gasteiger partial charge on any atom is -0.493 e. The van der Waals surface area contributed by atoms with Crippen LogP contribution in [0, 0.1) is 11.6 Å². The minimum atomic E-state index is -1.36. The molecule has 200 valence electrons. The Labute approximate surface area is 222 Å². The van der Waals surface area contributed by atoms with E-state index in [4.69, 9.17) is 14.2 Å². The van der Waals surface area contributed by atoms with Crippen LogP contribution in [0.2, 0.25) is 0 Å². The topological polar surface area (TPSA) is 103 Å². The summed E-state index contributed by atoms with van der Waals surface area (Å²) in [5.74, 6) is -4.51. The second kappa shape index (κ2) is 10.9. The van der Waals surface area contributed by atoms with Crippen LogP contribution in [0.1, 0.15) is 23.2 Å². The van der Waals surface area contributed by atoms with E-state index in [9.17, 15) is 18.4 Å². The number of anilines is 2. The molecule has 39 heavy (non-hydrogen) atoms. The van der Waals surface area contributed by atoms with E-state index in [1.807, 2.05) is 12.1 Å². The maximum atomic E-state index is 14.9. The van der Waals surface area contributed by atoms with Crippen LogP contribution in [-0.4, -0.2) is 49.0 Å². The van der Waals surface area contributed by atoms with Crippen molar-refractivity contribution < 1.29 is 32.6 Å². The molecule has 0 bridgehead atoms. The summed E-state index contributed by atoms with van der Waals surface area (Å²) in [7, 11) is 2.93. The number of benzene rings is 3. The summed E-state index contributed by atoms with van der Waals surface area (Å²) in [5.41, 5.74) is 0.779. The predicted octanol–water partition coefficient (Wildman–Crippen LogP) is 5.14. The number of methoxy groups -OCH3 is 2. The van der Waals surface area contributed by atoms with E-state index >= 15 is 0 Å². The number of halogens is 2. The molecule has 2 heterocycles. The first-order valence-electron chi connectivity index (χ1n) is 12.1. The van der Waals surface area contributed by atoms with Crippen molar-refractivity contribution in [3.8, 4) is 23.1 Å². The quantitative estimate of drug-likeness (QED) is 0.245. The van der Waals surface area contributed by atoms with Gasteiger partial charge in [-0.2, -0.15) is 0 Å². The molecule has 1 aliphatic rings. The van der Waals surface area contributed by atoms with Gasteiger partial charge in [0.05, 0.1) is 30.7 Å². The molecule has 0 atom stereocenters. The molecule has 11 heteroatoms. The summed E-state index contributed by atoms with van der Waals surface area (Å²) < 4.78 is 46.0. The smallest absolute Gasteiger partial charge is 0.296 e. The summed E-state index contributed by atoms with van der Waals surface area (Å²) in [5, 5.41) is 2.79. The number of fused-ring (bicyclic) bond motifs is 1. The molecule has 9 nitrogen and oxygen atoms in total.